The predicted octanol–water partition coefficient (Wildman–Crippen LogP) is 2.90. The fourth-order valence-corrected chi connectivity index (χ4v) is 2.99. The summed E-state index contributed by atoms with van der Waals surface area (Å²) in [7, 11) is 3.05. The molecule has 0 saturated heterocycles. The summed E-state index contributed by atoms with van der Waals surface area (Å²) in [5.74, 6) is -1.10. The maximum absolute atomic E-state index is 12.1. The predicted molar refractivity (Wildman–Crippen MR) is 99.8 cm³/mol. The molecule has 0 bridgehead atoms. The third-order valence-electron chi connectivity index (χ3n) is 3.48. The maximum Gasteiger partial charge on any atom is 0.331 e. The summed E-state index contributed by atoms with van der Waals surface area (Å²) < 4.78 is 15.2. The van der Waals surface area contributed by atoms with Crippen LogP contribution in [0.1, 0.15) is 22.2 Å². The number of carbonyl (C=O) groups excluding carboxylic acids is 2. The fourth-order valence-electron chi connectivity index (χ4n) is 2.13. The quantitative estimate of drug-likeness (QED) is 0.508. The van der Waals surface area contributed by atoms with Crippen molar-refractivity contribution < 1.29 is 23.8 Å². The molecule has 7 nitrogen and oxygen atoms in total. The van der Waals surface area contributed by atoms with Crippen LogP contribution in [0.3, 0.4) is 0 Å². The van der Waals surface area contributed by atoms with Crippen LogP contribution < -0.4 is 9.47 Å². The number of hydrogen-bond donors (Lipinski definition) is 0. The number of ketones is 1. The number of benzene rings is 1. The Morgan fingerprint density at radius 2 is 1.93 bits per heavy atom. The number of Topliss-reactive ketones (excluding diaryl/α,β-unsaturated/α-hetero) is 1. The first-order valence-corrected chi connectivity index (χ1v) is 8.77. The van der Waals surface area contributed by atoms with Gasteiger partial charge in [0.1, 0.15) is 16.5 Å². The van der Waals surface area contributed by atoms with E-state index in [4.69, 9.17) is 14.2 Å². The van der Waals surface area contributed by atoms with Gasteiger partial charge in [-0.25, -0.2) is 9.78 Å². The van der Waals surface area contributed by atoms with E-state index >= 15 is 0 Å². The number of ether oxygens (including phenoxy) is 3. The zero-order valence-electron chi connectivity index (χ0n) is 15.1. The molecule has 0 N–H and O–H groups in total. The van der Waals surface area contributed by atoms with E-state index in [1.165, 1.54) is 37.7 Å². The number of esters is 1. The summed E-state index contributed by atoms with van der Waals surface area (Å²) in [6, 6.07) is 7.04. The SMILES string of the molecule is COc1cc(/C=C/C(=O)OCC(=O)[C@H](C#N)c2nc(C)cs2)cc(OC)c1. The maximum atomic E-state index is 12.1. The Kier molecular flexibility index (Phi) is 7.08. The number of aryl methyl sites for hydroxylation is 1. The smallest absolute Gasteiger partial charge is 0.331 e. The molecule has 0 amide bonds. The number of methoxy groups -OCH3 is 2. The first kappa shape index (κ1) is 20.1. The van der Waals surface area contributed by atoms with Crippen LogP contribution in [0.25, 0.3) is 6.08 Å². The van der Waals surface area contributed by atoms with Crippen molar-refractivity contribution in [3.05, 3.63) is 45.9 Å². The fraction of sp³-hybridized carbons (Fsp3) is 0.263. The zero-order valence-corrected chi connectivity index (χ0v) is 15.9. The number of carbonyl (C=O) groups is 2. The van der Waals surface area contributed by atoms with Crippen LogP contribution in [0.5, 0.6) is 11.5 Å². The van der Waals surface area contributed by atoms with Crippen molar-refractivity contribution in [3.63, 3.8) is 0 Å². The molecule has 0 aliphatic heterocycles. The number of thiazole rings is 1. The van der Waals surface area contributed by atoms with Gasteiger partial charge in [0.05, 0.1) is 20.3 Å². The Morgan fingerprint density at radius 1 is 1.26 bits per heavy atom. The highest BCUT2D eigenvalue weighted by atomic mass is 32.1. The lowest BCUT2D eigenvalue weighted by molar-refractivity contribution is -0.143. The summed E-state index contributed by atoms with van der Waals surface area (Å²) in [6.07, 6.45) is 2.71. The zero-order chi connectivity index (χ0) is 19.8. The van der Waals surface area contributed by atoms with Gasteiger partial charge in [0, 0.05) is 23.2 Å². The summed E-state index contributed by atoms with van der Waals surface area (Å²) >= 11 is 1.23. The van der Waals surface area contributed by atoms with Crippen molar-refractivity contribution in [1.29, 1.82) is 5.26 Å². The minimum Gasteiger partial charge on any atom is -0.497 e. The average Bonchev–Trinajstić information content (AvgIpc) is 3.10. The van der Waals surface area contributed by atoms with E-state index in [0.717, 1.165) is 5.69 Å². The number of aromatic nitrogens is 1. The Hall–Kier alpha value is -3.18. The van der Waals surface area contributed by atoms with Gasteiger partial charge in [0.25, 0.3) is 0 Å². The second kappa shape index (κ2) is 9.50. The van der Waals surface area contributed by atoms with Crippen molar-refractivity contribution in [2.45, 2.75) is 12.8 Å². The van der Waals surface area contributed by atoms with E-state index in [1.807, 2.05) is 6.07 Å². The van der Waals surface area contributed by atoms with Gasteiger partial charge in [-0.2, -0.15) is 5.26 Å². The summed E-state index contributed by atoms with van der Waals surface area (Å²) in [4.78, 5) is 28.1. The molecule has 0 radical (unpaired) electrons. The minimum absolute atomic E-state index is 0.398. The lowest BCUT2D eigenvalue weighted by Crippen LogP contribution is -2.19. The average molecular weight is 386 g/mol. The molecule has 27 heavy (non-hydrogen) atoms. The van der Waals surface area contributed by atoms with Crippen LogP contribution in [0.2, 0.25) is 0 Å². The largest absolute Gasteiger partial charge is 0.497 e. The molecule has 1 aromatic heterocycles. The van der Waals surface area contributed by atoms with Gasteiger partial charge in [0.15, 0.2) is 18.3 Å². The van der Waals surface area contributed by atoms with Gasteiger partial charge < -0.3 is 14.2 Å². The first-order chi connectivity index (χ1) is 13.0. The normalized spacial score (nSPS) is 11.6. The van der Waals surface area contributed by atoms with Gasteiger partial charge in [-0.05, 0) is 30.7 Å². The number of nitrogens with zero attached hydrogens (tertiary/aromatic N) is 2. The van der Waals surface area contributed by atoms with Crippen molar-refractivity contribution in [2.75, 3.05) is 20.8 Å². The molecule has 1 atom stereocenters. The van der Waals surface area contributed by atoms with Crippen molar-refractivity contribution in [3.8, 4) is 17.6 Å². The molecule has 140 valence electrons. The van der Waals surface area contributed by atoms with Gasteiger partial charge in [-0.1, -0.05) is 0 Å². The molecule has 0 unspecified atom stereocenters. The second-order valence-corrected chi connectivity index (χ2v) is 6.33. The Bertz CT molecular complexity index is 875. The lowest BCUT2D eigenvalue weighted by Gasteiger charge is -2.06. The Labute approximate surface area is 160 Å². The molecule has 0 spiro atoms. The van der Waals surface area contributed by atoms with Gasteiger partial charge >= 0.3 is 5.97 Å². The van der Waals surface area contributed by atoms with Crippen LogP contribution in [-0.4, -0.2) is 37.6 Å². The van der Waals surface area contributed by atoms with E-state index in [1.54, 1.807) is 30.5 Å². The summed E-state index contributed by atoms with van der Waals surface area (Å²) in [5.41, 5.74) is 1.40. The summed E-state index contributed by atoms with van der Waals surface area (Å²) in [6.45, 7) is 1.28. The number of rotatable bonds is 8. The third kappa shape index (κ3) is 5.66. The van der Waals surface area contributed by atoms with Crippen molar-refractivity contribution in [1.82, 2.24) is 4.98 Å². The molecular weight excluding hydrogens is 368 g/mol. The van der Waals surface area contributed by atoms with E-state index in [-0.39, 0.29) is 0 Å². The van der Waals surface area contributed by atoms with E-state index in [0.29, 0.717) is 22.1 Å². The van der Waals surface area contributed by atoms with E-state index in [9.17, 15) is 14.9 Å². The van der Waals surface area contributed by atoms with Crippen LogP contribution in [0.4, 0.5) is 0 Å². The van der Waals surface area contributed by atoms with Crippen molar-refractivity contribution in [2.24, 2.45) is 0 Å². The molecule has 1 heterocycles. The number of hydrogen-bond acceptors (Lipinski definition) is 8. The highest BCUT2D eigenvalue weighted by Crippen LogP contribution is 2.23. The summed E-state index contributed by atoms with van der Waals surface area (Å²) in [5, 5.41) is 11.3. The molecule has 8 heteroatoms. The standard InChI is InChI=1S/C19H18N2O5S/c1-12-11-27-19(21-12)16(9-20)17(22)10-26-18(23)5-4-13-6-14(24-2)8-15(7-13)25-3/h4-8,11,16H,10H2,1-3H3/b5-4+/t16-/m0/s1. The molecule has 0 fully saturated rings. The molecule has 2 rings (SSSR count). The van der Waals surface area contributed by atoms with E-state index in [2.05, 4.69) is 4.98 Å². The highest BCUT2D eigenvalue weighted by Gasteiger charge is 2.24. The molecule has 0 aliphatic rings. The molecule has 2 aromatic rings. The van der Waals surface area contributed by atoms with Crippen LogP contribution in [-0.2, 0) is 14.3 Å². The molecular formula is C19H18N2O5S. The highest BCUT2D eigenvalue weighted by molar-refractivity contribution is 7.09. The lowest BCUT2D eigenvalue weighted by atomic mass is 10.1. The third-order valence-corrected chi connectivity index (χ3v) is 4.50. The topological polar surface area (TPSA) is 98.5 Å². The first-order valence-electron chi connectivity index (χ1n) is 7.89. The minimum atomic E-state index is -1.04. The van der Waals surface area contributed by atoms with Crippen molar-refractivity contribution >= 4 is 29.2 Å². The second-order valence-electron chi connectivity index (χ2n) is 5.44. The Balaban J connectivity index is 1.96. The van der Waals surface area contributed by atoms with Gasteiger partial charge in [-0.3, -0.25) is 4.79 Å². The molecule has 0 saturated carbocycles. The van der Waals surface area contributed by atoms with Crippen LogP contribution in [0.15, 0.2) is 29.7 Å². The molecule has 1 aromatic carbocycles. The Morgan fingerprint density at radius 3 is 2.44 bits per heavy atom. The van der Waals surface area contributed by atoms with Gasteiger partial charge in [0.2, 0.25) is 0 Å². The monoisotopic (exact) mass is 386 g/mol. The van der Waals surface area contributed by atoms with Gasteiger partial charge in [-0.15, -0.1) is 11.3 Å². The number of nitriles is 1. The van der Waals surface area contributed by atoms with Crippen LogP contribution >= 0.6 is 11.3 Å². The van der Waals surface area contributed by atoms with Crippen LogP contribution in [0, 0.1) is 18.3 Å². The van der Waals surface area contributed by atoms with E-state index < -0.39 is 24.3 Å². The molecule has 0 aliphatic carbocycles.